The second-order valence-electron chi connectivity index (χ2n) is 8.68. The largest absolute Gasteiger partial charge is 0.458 e. The molecule has 0 bridgehead atoms. The summed E-state index contributed by atoms with van der Waals surface area (Å²) in [7, 11) is 0. The average Bonchev–Trinajstić information content (AvgIpc) is 2.94. The minimum Gasteiger partial charge on any atom is -0.458 e. The molecule has 0 fully saturated rings. The fraction of sp³-hybridized carbons (Fsp3) is 0.0938. The van der Waals surface area contributed by atoms with Crippen molar-refractivity contribution in [2.75, 3.05) is 0 Å². The van der Waals surface area contributed by atoms with Crippen LogP contribution in [0.1, 0.15) is 28.4 Å². The number of benzene rings is 4. The average molecular weight is 507 g/mol. The van der Waals surface area contributed by atoms with Crippen LogP contribution in [-0.4, -0.2) is 17.9 Å². The van der Waals surface area contributed by atoms with Gasteiger partial charge in [0.15, 0.2) is 0 Å². The molecule has 38 heavy (non-hydrogen) atoms. The third-order valence-electron chi connectivity index (χ3n) is 5.76. The molecule has 0 aliphatic rings. The molecule has 0 aromatic heterocycles. The van der Waals surface area contributed by atoms with E-state index in [1.165, 1.54) is 0 Å². The molecule has 4 rings (SSSR count). The van der Waals surface area contributed by atoms with Crippen LogP contribution in [0.4, 0.5) is 0 Å². The van der Waals surface area contributed by atoms with Gasteiger partial charge in [0.2, 0.25) is 0 Å². The van der Waals surface area contributed by atoms with Crippen LogP contribution >= 0.6 is 0 Å². The highest BCUT2D eigenvalue weighted by Gasteiger charge is 2.10. The Morgan fingerprint density at radius 3 is 2.03 bits per heavy atom. The van der Waals surface area contributed by atoms with Gasteiger partial charge in [-0.1, -0.05) is 61.7 Å². The van der Waals surface area contributed by atoms with Crippen molar-refractivity contribution in [1.82, 2.24) is 0 Å². The van der Waals surface area contributed by atoms with Gasteiger partial charge in [-0.3, -0.25) is 0 Å². The molecule has 0 saturated heterocycles. The summed E-state index contributed by atoms with van der Waals surface area (Å²) in [5.74, 6) is -0.967. The van der Waals surface area contributed by atoms with Crippen LogP contribution in [-0.2, 0) is 32.3 Å². The maximum Gasteiger partial charge on any atom is 0.343 e. The number of esters is 3. The molecule has 0 amide bonds. The van der Waals surface area contributed by atoms with Crippen LogP contribution < -0.4 is 4.74 Å². The molecule has 0 aliphatic heterocycles. The van der Waals surface area contributed by atoms with Crippen molar-refractivity contribution in [3.63, 3.8) is 0 Å². The number of hydrogen-bond acceptors (Lipinski definition) is 6. The van der Waals surface area contributed by atoms with Crippen molar-refractivity contribution < 1.29 is 28.6 Å². The molecule has 0 heterocycles. The molecule has 6 nitrogen and oxygen atoms in total. The van der Waals surface area contributed by atoms with E-state index in [-0.39, 0.29) is 13.2 Å². The van der Waals surface area contributed by atoms with Crippen LogP contribution in [0, 0.1) is 0 Å². The van der Waals surface area contributed by atoms with E-state index >= 15 is 0 Å². The first-order valence-electron chi connectivity index (χ1n) is 11.9. The quantitative estimate of drug-likeness (QED) is 0.145. The van der Waals surface area contributed by atoms with Crippen molar-refractivity contribution in [1.29, 1.82) is 0 Å². The molecule has 6 heteroatoms. The fourth-order valence-electron chi connectivity index (χ4n) is 3.67. The Morgan fingerprint density at radius 2 is 1.34 bits per heavy atom. The highest BCUT2D eigenvalue weighted by molar-refractivity contribution is 5.91. The van der Waals surface area contributed by atoms with Gasteiger partial charge in [0.1, 0.15) is 19.0 Å². The van der Waals surface area contributed by atoms with Crippen LogP contribution in [0.25, 0.3) is 21.9 Å². The zero-order valence-corrected chi connectivity index (χ0v) is 20.9. The lowest BCUT2D eigenvalue weighted by molar-refractivity contribution is -0.140. The Morgan fingerprint density at radius 1 is 0.737 bits per heavy atom. The predicted octanol–water partition coefficient (Wildman–Crippen LogP) is 6.57. The van der Waals surface area contributed by atoms with E-state index in [4.69, 9.17) is 14.2 Å². The maximum absolute atomic E-state index is 12.6. The van der Waals surface area contributed by atoms with Crippen LogP contribution in [0.15, 0.2) is 110 Å². The number of hydrogen-bond donors (Lipinski definition) is 0. The van der Waals surface area contributed by atoms with Crippen molar-refractivity contribution in [3.8, 4) is 16.9 Å². The van der Waals surface area contributed by atoms with E-state index in [1.807, 2.05) is 42.5 Å². The van der Waals surface area contributed by atoms with Crippen LogP contribution in [0.5, 0.6) is 5.75 Å². The summed E-state index contributed by atoms with van der Waals surface area (Å²) in [6, 6.07) is 26.0. The lowest BCUT2D eigenvalue weighted by Crippen LogP contribution is -2.09. The third-order valence-corrected chi connectivity index (χ3v) is 5.76. The highest BCUT2D eigenvalue weighted by Crippen LogP contribution is 2.27. The monoisotopic (exact) mass is 506 g/mol. The van der Waals surface area contributed by atoms with Gasteiger partial charge < -0.3 is 14.2 Å². The van der Waals surface area contributed by atoms with Crippen molar-refractivity contribution in [2.24, 2.45) is 0 Å². The van der Waals surface area contributed by atoms with Gasteiger partial charge in [0.05, 0.1) is 5.56 Å². The molecule has 0 spiro atoms. The third kappa shape index (κ3) is 6.62. The molecule has 0 aliphatic carbocycles. The van der Waals surface area contributed by atoms with Crippen molar-refractivity contribution in [2.45, 2.75) is 20.1 Å². The highest BCUT2D eigenvalue weighted by atomic mass is 16.5. The first-order chi connectivity index (χ1) is 18.3. The number of carbonyl (C=O) groups is 3. The zero-order valence-electron chi connectivity index (χ0n) is 20.9. The summed E-state index contributed by atoms with van der Waals surface area (Å²) in [6.07, 6.45) is 1.14. The smallest absolute Gasteiger partial charge is 0.343 e. The molecule has 190 valence electrons. The molecule has 0 saturated carbocycles. The van der Waals surface area contributed by atoms with Gasteiger partial charge in [-0.05, 0) is 76.3 Å². The number of fused-ring (bicyclic) bond motifs is 1. The van der Waals surface area contributed by atoms with E-state index in [1.54, 1.807) is 43.3 Å². The van der Waals surface area contributed by atoms with Gasteiger partial charge >= 0.3 is 17.9 Å². The van der Waals surface area contributed by atoms with Gasteiger partial charge in [0, 0.05) is 11.6 Å². The SMILES string of the molecule is C=CC(=O)OCc1ccc2cc(-c3ccc(OC(=O)c4ccc(COC(=O)C(=C)C)cc4)cc3)ccc2c1. The van der Waals surface area contributed by atoms with E-state index in [0.29, 0.717) is 16.9 Å². The van der Waals surface area contributed by atoms with Crippen LogP contribution in [0.2, 0.25) is 0 Å². The Bertz CT molecular complexity index is 1510. The minimum absolute atomic E-state index is 0.101. The summed E-state index contributed by atoms with van der Waals surface area (Å²) >= 11 is 0. The Hall–Kier alpha value is -4.97. The Kier molecular flexibility index (Phi) is 8.14. The molecular weight excluding hydrogens is 480 g/mol. The zero-order chi connectivity index (χ0) is 27.1. The minimum atomic E-state index is -0.483. The van der Waals surface area contributed by atoms with Gasteiger partial charge in [-0.15, -0.1) is 0 Å². The van der Waals surface area contributed by atoms with Crippen molar-refractivity contribution in [3.05, 3.63) is 126 Å². The second kappa shape index (κ2) is 11.8. The fourth-order valence-corrected chi connectivity index (χ4v) is 3.67. The van der Waals surface area contributed by atoms with E-state index in [9.17, 15) is 14.4 Å². The Labute approximate surface area is 220 Å². The molecular formula is C32H26O6. The molecule has 0 N–H and O–H groups in total. The van der Waals surface area contributed by atoms with E-state index in [0.717, 1.165) is 39.1 Å². The summed E-state index contributed by atoms with van der Waals surface area (Å²) in [5.41, 5.74) is 4.36. The molecule has 4 aromatic carbocycles. The maximum atomic E-state index is 12.6. The summed E-state index contributed by atoms with van der Waals surface area (Å²) in [6.45, 7) is 8.82. The predicted molar refractivity (Wildman–Crippen MR) is 145 cm³/mol. The molecule has 0 atom stereocenters. The normalized spacial score (nSPS) is 10.4. The molecule has 0 unspecified atom stereocenters. The summed E-state index contributed by atoms with van der Waals surface area (Å²) in [5, 5.41) is 2.08. The summed E-state index contributed by atoms with van der Waals surface area (Å²) in [4.78, 5) is 35.4. The van der Waals surface area contributed by atoms with Gasteiger partial charge in [-0.25, -0.2) is 14.4 Å². The van der Waals surface area contributed by atoms with E-state index in [2.05, 4.69) is 19.2 Å². The number of ether oxygens (including phenoxy) is 3. The van der Waals surface area contributed by atoms with Gasteiger partial charge in [0.25, 0.3) is 0 Å². The lowest BCUT2D eigenvalue weighted by atomic mass is 10.00. The second-order valence-corrected chi connectivity index (χ2v) is 8.68. The topological polar surface area (TPSA) is 78.9 Å². The van der Waals surface area contributed by atoms with E-state index < -0.39 is 17.9 Å². The first-order valence-corrected chi connectivity index (χ1v) is 11.9. The standard InChI is InChI=1S/C32H26O6/c1-4-30(33)36-20-23-7-10-28-18-27(12-11-26(28)17-23)24-13-15-29(16-14-24)38-32(35)25-8-5-22(6-9-25)19-37-31(34)21(2)3/h4-18H,1-2,19-20H2,3H3. The van der Waals surface area contributed by atoms with Gasteiger partial charge in [-0.2, -0.15) is 0 Å². The lowest BCUT2D eigenvalue weighted by Gasteiger charge is -2.09. The number of rotatable bonds is 9. The number of carbonyl (C=O) groups excluding carboxylic acids is 3. The molecule has 0 radical (unpaired) electrons. The summed E-state index contributed by atoms with van der Waals surface area (Å²) < 4.78 is 15.7. The Balaban J connectivity index is 1.38. The van der Waals surface area contributed by atoms with Crippen molar-refractivity contribution >= 4 is 28.7 Å². The van der Waals surface area contributed by atoms with Crippen LogP contribution in [0.3, 0.4) is 0 Å². The first kappa shape index (κ1) is 26.1. The molecule has 4 aromatic rings.